The first-order valence-corrected chi connectivity index (χ1v) is 6.49. The van der Waals surface area contributed by atoms with Crippen molar-refractivity contribution in [1.82, 2.24) is 4.90 Å². The third kappa shape index (κ3) is 3.28. The first kappa shape index (κ1) is 18.1. The summed E-state index contributed by atoms with van der Waals surface area (Å²) in [5, 5.41) is 0. The maximum atomic E-state index is 13.0. The Kier molecular flexibility index (Phi) is 4.99. The zero-order valence-corrected chi connectivity index (χ0v) is 13.0. The molecule has 1 aliphatic carbocycles. The molecule has 0 aromatic carbocycles. The second-order valence-electron chi connectivity index (χ2n) is 5.85. The molecule has 0 radical (unpaired) electrons. The number of alkyl halides is 2. The van der Waals surface area contributed by atoms with Gasteiger partial charge in [0.2, 0.25) is 6.43 Å². The van der Waals surface area contributed by atoms with Gasteiger partial charge < -0.3 is 14.2 Å². The maximum Gasteiger partial charge on any atom is 0.420 e. The summed E-state index contributed by atoms with van der Waals surface area (Å²) < 4.78 is 39.9. The van der Waals surface area contributed by atoms with Gasteiger partial charge in [-0.1, -0.05) is 0 Å². The summed E-state index contributed by atoms with van der Waals surface area (Å²) >= 11 is 0. The van der Waals surface area contributed by atoms with Crippen LogP contribution in [-0.2, 0) is 19.0 Å². The Labute approximate surface area is 126 Å². The van der Waals surface area contributed by atoms with Crippen molar-refractivity contribution in [1.29, 1.82) is 0 Å². The van der Waals surface area contributed by atoms with Crippen molar-refractivity contribution in [2.45, 2.75) is 44.8 Å². The van der Waals surface area contributed by atoms with Gasteiger partial charge in [-0.15, -0.1) is 0 Å². The lowest BCUT2D eigenvalue weighted by Crippen LogP contribution is -2.54. The SMILES string of the molecule is COC(=O)N(C(=O)OC(C)(C)C)[C@]1(C(=O)OC)C[C@H]1C(F)F. The summed E-state index contributed by atoms with van der Waals surface area (Å²) in [6, 6.07) is 0. The molecular weight excluding hydrogens is 304 g/mol. The van der Waals surface area contributed by atoms with Gasteiger partial charge in [0, 0.05) is 0 Å². The van der Waals surface area contributed by atoms with Crippen molar-refractivity contribution < 1.29 is 37.4 Å². The van der Waals surface area contributed by atoms with Gasteiger partial charge in [0.05, 0.1) is 20.1 Å². The van der Waals surface area contributed by atoms with E-state index in [2.05, 4.69) is 9.47 Å². The van der Waals surface area contributed by atoms with Gasteiger partial charge in [0.1, 0.15) is 5.60 Å². The lowest BCUT2D eigenvalue weighted by molar-refractivity contribution is -0.149. The molecule has 9 heteroatoms. The fourth-order valence-electron chi connectivity index (χ4n) is 2.13. The van der Waals surface area contributed by atoms with E-state index in [-0.39, 0.29) is 4.90 Å². The number of halogens is 2. The van der Waals surface area contributed by atoms with Gasteiger partial charge in [-0.05, 0) is 27.2 Å². The number of carbonyl (C=O) groups excluding carboxylic acids is 3. The molecule has 1 rings (SSSR count). The molecule has 0 heterocycles. The molecule has 0 bridgehead atoms. The molecular formula is C13H19F2NO6. The van der Waals surface area contributed by atoms with Crippen LogP contribution in [0, 0.1) is 5.92 Å². The largest absolute Gasteiger partial charge is 0.467 e. The van der Waals surface area contributed by atoms with Crippen LogP contribution in [0.3, 0.4) is 0 Å². The van der Waals surface area contributed by atoms with Gasteiger partial charge in [0.25, 0.3) is 0 Å². The topological polar surface area (TPSA) is 82.1 Å². The van der Waals surface area contributed by atoms with E-state index >= 15 is 0 Å². The summed E-state index contributed by atoms with van der Waals surface area (Å²) in [7, 11) is 1.94. The predicted octanol–water partition coefficient (Wildman–Crippen LogP) is 2.19. The van der Waals surface area contributed by atoms with Gasteiger partial charge in [-0.3, -0.25) is 0 Å². The summed E-state index contributed by atoms with van der Waals surface area (Å²) in [5.74, 6) is -2.64. The van der Waals surface area contributed by atoms with Crippen molar-refractivity contribution in [2.75, 3.05) is 14.2 Å². The number of hydrogen-bond acceptors (Lipinski definition) is 6. The van der Waals surface area contributed by atoms with Crippen molar-refractivity contribution in [2.24, 2.45) is 5.92 Å². The average Bonchev–Trinajstić information content (AvgIpc) is 3.12. The Morgan fingerprint density at radius 3 is 2.00 bits per heavy atom. The molecule has 0 unspecified atom stereocenters. The Balaban J connectivity index is 3.22. The van der Waals surface area contributed by atoms with Crippen molar-refractivity contribution in [3.63, 3.8) is 0 Å². The number of methoxy groups -OCH3 is 2. The number of esters is 1. The minimum absolute atomic E-state index is 0.279. The molecule has 0 N–H and O–H groups in total. The lowest BCUT2D eigenvalue weighted by Gasteiger charge is -2.30. The van der Waals surface area contributed by atoms with Gasteiger partial charge in [0.15, 0.2) is 5.54 Å². The summed E-state index contributed by atoms with van der Waals surface area (Å²) in [5.41, 5.74) is -3.09. The Hall–Kier alpha value is -1.93. The van der Waals surface area contributed by atoms with Crippen LogP contribution < -0.4 is 0 Å². The Bertz CT molecular complexity index is 476. The number of amides is 2. The molecule has 0 spiro atoms. The van der Waals surface area contributed by atoms with E-state index in [1.165, 1.54) is 20.8 Å². The standard InChI is InChI=1S/C13H19F2NO6/c1-12(2,3)22-11(19)16(10(18)21-5)13(9(17)20-4)6-7(13)8(14)15/h7-8H,6H2,1-5H3/t7-,13+/m0/s1. The highest BCUT2D eigenvalue weighted by atomic mass is 19.3. The molecule has 126 valence electrons. The smallest absolute Gasteiger partial charge is 0.420 e. The highest BCUT2D eigenvalue weighted by Crippen LogP contribution is 2.53. The number of hydrogen-bond donors (Lipinski definition) is 0. The molecule has 7 nitrogen and oxygen atoms in total. The number of nitrogens with zero attached hydrogens (tertiary/aromatic N) is 1. The maximum absolute atomic E-state index is 13.0. The predicted molar refractivity (Wildman–Crippen MR) is 69.3 cm³/mol. The van der Waals surface area contributed by atoms with Crippen LogP contribution in [0.5, 0.6) is 0 Å². The monoisotopic (exact) mass is 323 g/mol. The first-order valence-electron chi connectivity index (χ1n) is 6.49. The van der Waals surface area contributed by atoms with Gasteiger partial charge in [-0.2, -0.15) is 4.90 Å². The van der Waals surface area contributed by atoms with E-state index in [1.807, 2.05) is 0 Å². The summed E-state index contributed by atoms with van der Waals surface area (Å²) in [6.45, 7) is 4.59. The molecule has 1 aliphatic rings. The molecule has 22 heavy (non-hydrogen) atoms. The zero-order valence-electron chi connectivity index (χ0n) is 13.0. The van der Waals surface area contributed by atoms with Crippen LogP contribution >= 0.6 is 0 Å². The zero-order chi connectivity index (χ0) is 17.3. The molecule has 0 aliphatic heterocycles. The van der Waals surface area contributed by atoms with E-state index in [0.717, 1.165) is 14.2 Å². The summed E-state index contributed by atoms with van der Waals surface area (Å²) in [6.07, 6.45) is -5.82. The van der Waals surface area contributed by atoms with E-state index in [4.69, 9.17) is 4.74 Å². The highest BCUT2D eigenvalue weighted by molar-refractivity contribution is 5.99. The Morgan fingerprint density at radius 2 is 1.68 bits per heavy atom. The van der Waals surface area contributed by atoms with Crippen LogP contribution in [0.2, 0.25) is 0 Å². The molecule has 0 aromatic rings. The van der Waals surface area contributed by atoms with E-state index in [9.17, 15) is 23.2 Å². The van der Waals surface area contributed by atoms with Crippen LogP contribution in [0.25, 0.3) is 0 Å². The van der Waals surface area contributed by atoms with Gasteiger partial charge in [-0.25, -0.2) is 23.2 Å². The second kappa shape index (κ2) is 6.05. The minimum Gasteiger partial charge on any atom is -0.467 e. The second-order valence-corrected chi connectivity index (χ2v) is 5.85. The highest BCUT2D eigenvalue weighted by Gasteiger charge is 2.72. The van der Waals surface area contributed by atoms with Crippen LogP contribution in [0.15, 0.2) is 0 Å². The number of carbonyl (C=O) groups is 3. The van der Waals surface area contributed by atoms with E-state index in [1.54, 1.807) is 0 Å². The molecule has 2 amide bonds. The lowest BCUT2D eigenvalue weighted by atomic mass is 10.1. The van der Waals surface area contributed by atoms with E-state index in [0.29, 0.717) is 0 Å². The fraction of sp³-hybridized carbons (Fsp3) is 0.769. The molecule has 1 fully saturated rings. The number of ether oxygens (including phenoxy) is 3. The molecule has 0 aromatic heterocycles. The quantitative estimate of drug-likeness (QED) is 0.585. The fourth-order valence-corrected chi connectivity index (χ4v) is 2.13. The van der Waals surface area contributed by atoms with Crippen molar-refractivity contribution in [3.8, 4) is 0 Å². The van der Waals surface area contributed by atoms with E-state index < -0.39 is 48.1 Å². The molecule has 2 atom stereocenters. The van der Waals surface area contributed by atoms with Crippen LogP contribution in [-0.4, -0.2) is 54.8 Å². The van der Waals surface area contributed by atoms with Crippen LogP contribution in [0.1, 0.15) is 27.2 Å². The summed E-state index contributed by atoms with van der Waals surface area (Å²) in [4.78, 5) is 36.3. The van der Waals surface area contributed by atoms with Crippen LogP contribution in [0.4, 0.5) is 18.4 Å². The van der Waals surface area contributed by atoms with Crippen molar-refractivity contribution in [3.05, 3.63) is 0 Å². The minimum atomic E-state index is -2.91. The first-order chi connectivity index (χ1) is 10.0. The normalized spacial score (nSPS) is 23.7. The molecule has 0 saturated heterocycles. The third-order valence-corrected chi connectivity index (χ3v) is 3.16. The Morgan fingerprint density at radius 1 is 1.14 bits per heavy atom. The number of rotatable bonds is 3. The van der Waals surface area contributed by atoms with Gasteiger partial charge >= 0.3 is 18.2 Å². The van der Waals surface area contributed by atoms with Crippen molar-refractivity contribution >= 4 is 18.2 Å². The molecule has 1 saturated carbocycles. The number of imide groups is 1. The average molecular weight is 323 g/mol. The third-order valence-electron chi connectivity index (χ3n) is 3.16.